The van der Waals surface area contributed by atoms with Crippen LogP contribution in [0, 0.1) is 0 Å². The van der Waals surface area contributed by atoms with Gasteiger partial charge in [0.25, 0.3) is 5.91 Å². The third-order valence-corrected chi connectivity index (χ3v) is 3.42. The van der Waals surface area contributed by atoms with Gasteiger partial charge in [-0.1, -0.05) is 6.07 Å². The number of rotatable bonds is 6. The monoisotopic (exact) mass is 335 g/mol. The molecule has 0 spiro atoms. The van der Waals surface area contributed by atoms with Crippen molar-refractivity contribution < 1.29 is 9.53 Å². The summed E-state index contributed by atoms with van der Waals surface area (Å²) in [5.41, 5.74) is 1.81. The van der Waals surface area contributed by atoms with Gasteiger partial charge in [-0.15, -0.1) is 0 Å². The standard InChI is InChI=1S/C18H17N5O2/c1-25-15-7-5-13(6-8-15)23-18(24)16-10-17(22-12-21-16)20-11-14-4-2-3-9-19-14/h2-10,12H,11H2,1H3,(H,23,24)(H,20,21,22). The van der Waals surface area contributed by atoms with E-state index in [1.165, 1.54) is 6.33 Å². The van der Waals surface area contributed by atoms with Crippen LogP contribution in [0.3, 0.4) is 0 Å². The number of nitrogens with zero attached hydrogens (tertiary/aromatic N) is 3. The van der Waals surface area contributed by atoms with Gasteiger partial charge in [-0.2, -0.15) is 0 Å². The molecule has 1 amide bonds. The molecule has 2 heterocycles. The molecule has 1 aromatic carbocycles. The zero-order chi connectivity index (χ0) is 17.5. The summed E-state index contributed by atoms with van der Waals surface area (Å²) in [6.45, 7) is 0.511. The molecule has 0 atom stereocenters. The van der Waals surface area contributed by atoms with Gasteiger partial charge in [-0.25, -0.2) is 9.97 Å². The fraction of sp³-hybridized carbons (Fsp3) is 0.111. The van der Waals surface area contributed by atoms with Gasteiger partial charge >= 0.3 is 0 Å². The van der Waals surface area contributed by atoms with Crippen LogP contribution >= 0.6 is 0 Å². The molecule has 7 heteroatoms. The number of hydrogen-bond acceptors (Lipinski definition) is 6. The van der Waals surface area contributed by atoms with Crippen molar-refractivity contribution in [3.63, 3.8) is 0 Å². The second-order valence-electron chi connectivity index (χ2n) is 5.15. The van der Waals surface area contributed by atoms with Crippen molar-refractivity contribution in [2.24, 2.45) is 0 Å². The van der Waals surface area contributed by atoms with E-state index >= 15 is 0 Å². The van der Waals surface area contributed by atoms with E-state index in [2.05, 4.69) is 25.6 Å². The lowest BCUT2D eigenvalue weighted by Crippen LogP contribution is -2.14. The van der Waals surface area contributed by atoms with E-state index < -0.39 is 0 Å². The van der Waals surface area contributed by atoms with Crippen molar-refractivity contribution >= 4 is 17.4 Å². The Hall–Kier alpha value is -3.48. The molecule has 0 bridgehead atoms. The van der Waals surface area contributed by atoms with Crippen molar-refractivity contribution in [3.8, 4) is 5.75 Å². The van der Waals surface area contributed by atoms with Gasteiger partial charge < -0.3 is 15.4 Å². The Balaban J connectivity index is 1.64. The number of methoxy groups -OCH3 is 1. The van der Waals surface area contributed by atoms with E-state index in [4.69, 9.17) is 4.74 Å². The predicted molar refractivity (Wildman–Crippen MR) is 94.5 cm³/mol. The van der Waals surface area contributed by atoms with Crippen LogP contribution in [-0.4, -0.2) is 28.0 Å². The van der Waals surface area contributed by atoms with Crippen molar-refractivity contribution in [2.45, 2.75) is 6.54 Å². The Morgan fingerprint density at radius 2 is 1.92 bits per heavy atom. The molecule has 0 fully saturated rings. The third kappa shape index (κ3) is 4.51. The van der Waals surface area contributed by atoms with Crippen LogP contribution in [0.25, 0.3) is 0 Å². The Labute approximate surface area is 145 Å². The van der Waals surface area contributed by atoms with Gasteiger partial charge in [0.1, 0.15) is 23.6 Å². The molecular weight excluding hydrogens is 318 g/mol. The molecule has 0 radical (unpaired) electrons. The van der Waals surface area contributed by atoms with Gasteiger partial charge in [-0.3, -0.25) is 9.78 Å². The van der Waals surface area contributed by atoms with E-state index in [0.717, 1.165) is 11.4 Å². The molecule has 0 saturated heterocycles. The highest BCUT2D eigenvalue weighted by atomic mass is 16.5. The Morgan fingerprint density at radius 3 is 2.64 bits per heavy atom. The average molecular weight is 335 g/mol. The number of benzene rings is 1. The van der Waals surface area contributed by atoms with Crippen molar-refractivity contribution in [3.05, 3.63) is 72.4 Å². The number of pyridine rings is 1. The minimum absolute atomic E-state index is 0.273. The lowest BCUT2D eigenvalue weighted by molar-refractivity contribution is 0.102. The van der Waals surface area contributed by atoms with Gasteiger partial charge in [0.05, 0.1) is 19.3 Å². The maximum atomic E-state index is 12.3. The summed E-state index contributed by atoms with van der Waals surface area (Å²) in [5, 5.41) is 5.91. The maximum absolute atomic E-state index is 12.3. The summed E-state index contributed by atoms with van der Waals surface area (Å²) in [6, 6.07) is 14.3. The molecule has 3 aromatic rings. The number of anilines is 2. The number of carbonyl (C=O) groups excluding carboxylic acids is 1. The number of amides is 1. The highest BCUT2D eigenvalue weighted by Crippen LogP contribution is 2.16. The van der Waals surface area contributed by atoms with Gasteiger partial charge in [0, 0.05) is 18.0 Å². The maximum Gasteiger partial charge on any atom is 0.274 e. The third-order valence-electron chi connectivity index (χ3n) is 3.42. The van der Waals surface area contributed by atoms with Crippen molar-refractivity contribution in [1.29, 1.82) is 0 Å². The molecule has 2 N–H and O–H groups in total. The van der Waals surface area contributed by atoms with E-state index in [0.29, 0.717) is 18.1 Å². The Bertz CT molecular complexity index is 838. The first-order valence-electron chi connectivity index (χ1n) is 7.66. The molecule has 0 unspecified atom stereocenters. The van der Waals surface area contributed by atoms with Crippen molar-refractivity contribution in [1.82, 2.24) is 15.0 Å². The SMILES string of the molecule is COc1ccc(NC(=O)c2cc(NCc3ccccn3)ncn2)cc1. The molecule has 0 aliphatic rings. The van der Waals surface area contributed by atoms with Crippen LogP contribution in [0.15, 0.2) is 61.1 Å². The minimum Gasteiger partial charge on any atom is -0.497 e. The Morgan fingerprint density at radius 1 is 1.08 bits per heavy atom. The molecule has 25 heavy (non-hydrogen) atoms. The van der Waals surface area contributed by atoms with Gasteiger partial charge in [0.15, 0.2) is 0 Å². The van der Waals surface area contributed by atoms with Crippen LogP contribution in [-0.2, 0) is 6.54 Å². The quantitative estimate of drug-likeness (QED) is 0.720. The summed E-state index contributed by atoms with van der Waals surface area (Å²) in [7, 11) is 1.59. The summed E-state index contributed by atoms with van der Waals surface area (Å²) < 4.78 is 5.09. The molecule has 3 rings (SSSR count). The molecule has 2 aromatic heterocycles. The molecule has 0 saturated carbocycles. The van der Waals surface area contributed by atoms with E-state index in [1.807, 2.05) is 18.2 Å². The summed E-state index contributed by atoms with van der Waals surface area (Å²) in [6.07, 6.45) is 3.08. The second-order valence-corrected chi connectivity index (χ2v) is 5.15. The smallest absolute Gasteiger partial charge is 0.274 e. The number of nitrogens with one attached hydrogen (secondary N) is 2. The molecule has 0 aliphatic heterocycles. The van der Waals surface area contributed by atoms with Crippen LogP contribution in [0.5, 0.6) is 5.75 Å². The first kappa shape index (κ1) is 16.4. The van der Waals surface area contributed by atoms with E-state index in [-0.39, 0.29) is 11.6 Å². The predicted octanol–water partition coefficient (Wildman–Crippen LogP) is 2.74. The zero-order valence-electron chi connectivity index (χ0n) is 13.6. The summed E-state index contributed by atoms with van der Waals surface area (Å²) >= 11 is 0. The number of carbonyl (C=O) groups is 1. The van der Waals surface area contributed by atoms with E-state index in [9.17, 15) is 4.79 Å². The van der Waals surface area contributed by atoms with E-state index in [1.54, 1.807) is 43.6 Å². The zero-order valence-corrected chi connectivity index (χ0v) is 13.6. The fourth-order valence-corrected chi connectivity index (χ4v) is 2.13. The largest absolute Gasteiger partial charge is 0.497 e. The normalized spacial score (nSPS) is 10.1. The highest BCUT2D eigenvalue weighted by Gasteiger charge is 2.09. The lowest BCUT2D eigenvalue weighted by atomic mass is 10.3. The first-order chi connectivity index (χ1) is 12.2. The fourth-order valence-electron chi connectivity index (χ4n) is 2.13. The second kappa shape index (κ2) is 7.87. The highest BCUT2D eigenvalue weighted by molar-refractivity contribution is 6.03. The molecule has 126 valence electrons. The minimum atomic E-state index is -0.312. The molecular formula is C18H17N5O2. The molecule has 7 nitrogen and oxygen atoms in total. The average Bonchev–Trinajstić information content (AvgIpc) is 2.68. The first-order valence-corrected chi connectivity index (χ1v) is 7.66. The van der Waals surface area contributed by atoms with Crippen LogP contribution < -0.4 is 15.4 Å². The van der Waals surface area contributed by atoms with Crippen molar-refractivity contribution in [2.75, 3.05) is 17.7 Å². The number of ether oxygens (including phenoxy) is 1. The Kier molecular flexibility index (Phi) is 5.16. The lowest BCUT2D eigenvalue weighted by Gasteiger charge is -2.08. The number of aromatic nitrogens is 3. The van der Waals surface area contributed by atoms with Crippen LogP contribution in [0.2, 0.25) is 0 Å². The molecule has 0 aliphatic carbocycles. The summed E-state index contributed by atoms with van der Waals surface area (Å²) in [4.78, 5) is 24.7. The van der Waals surface area contributed by atoms with Gasteiger partial charge in [0.2, 0.25) is 0 Å². The number of hydrogen-bond donors (Lipinski definition) is 2. The van der Waals surface area contributed by atoms with Crippen LogP contribution in [0.1, 0.15) is 16.2 Å². The topological polar surface area (TPSA) is 89.0 Å². The van der Waals surface area contributed by atoms with Gasteiger partial charge in [-0.05, 0) is 36.4 Å². The van der Waals surface area contributed by atoms with Crippen LogP contribution in [0.4, 0.5) is 11.5 Å². The summed E-state index contributed by atoms with van der Waals surface area (Å²) in [5.74, 6) is 0.968.